The third-order valence-electron chi connectivity index (χ3n) is 2.44. The van der Waals surface area contributed by atoms with Gasteiger partial charge in [0.05, 0.1) is 17.3 Å². The molecule has 1 aliphatic rings. The van der Waals surface area contributed by atoms with Crippen molar-refractivity contribution in [3.63, 3.8) is 0 Å². The molecule has 8 heteroatoms. The second-order valence-corrected chi connectivity index (χ2v) is 9.07. The van der Waals surface area contributed by atoms with Gasteiger partial charge in [0.1, 0.15) is 11.9 Å². The number of sulfone groups is 1. The third kappa shape index (κ3) is 3.86. The van der Waals surface area contributed by atoms with Gasteiger partial charge >= 0.3 is 0 Å². The van der Waals surface area contributed by atoms with Crippen molar-refractivity contribution < 1.29 is 21.6 Å². The minimum Gasteiger partial charge on any atom is -0.488 e. The summed E-state index contributed by atoms with van der Waals surface area (Å²) in [5.74, 6) is 0.341. The predicted octanol–water partition coefficient (Wildman–Crippen LogP) is 0.931. The molecule has 0 amide bonds. The molecule has 0 aliphatic carbocycles. The lowest BCUT2D eigenvalue weighted by Crippen LogP contribution is -2.45. The minimum atomic E-state index is -3.57. The number of hydrogen-bond acceptors (Lipinski definition) is 5. The number of rotatable bonds is 4. The Bertz CT molecular complexity index is 621. The largest absolute Gasteiger partial charge is 0.488 e. The number of benzene rings is 1. The smallest absolute Gasteiger partial charge is 0.236 e. The van der Waals surface area contributed by atoms with Gasteiger partial charge in [-0.1, -0.05) is 12.1 Å². The topological polar surface area (TPSA) is 77.5 Å². The summed E-state index contributed by atoms with van der Waals surface area (Å²) in [6.07, 6.45) is -0.308. The van der Waals surface area contributed by atoms with Crippen LogP contribution in [0, 0.1) is 0 Å². The molecule has 1 aliphatic heterocycles. The molecule has 0 N–H and O–H groups in total. The average molecular weight is 311 g/mol. The molecule has 0 aromatic heterocycles. The zero-order valence-electron chi connectivity index (χ0n) is 9.24. The zero-order chi connectivity index (χ0) is 13.4. The molecule has 0 bridgehead atoms. The van der Waals surface area contributed by atoms with Gasteiger partial charge < -0.3 is 4.74 Å². The van der Waals surface area contributed by atoms with E-state index in [4.69, 9.17) is 15.4 Å². The van der Waals surface area contributed by atoms with Crippen LogP contribution in [0.4, 0.5) is 0 Å². The monoisotopic (exact) mass is 310 g/mol. The van der Waals surface area contributed by atoms with Gasteiger partial charge in [-0.3, -0.25) is 0 Å². The van der Waals surface area contributed by atoms with Crippen molar-refractivity contribution >= 4 is 29.6 Å². The first-order valence-electron chi connectivity index (χ1n) is 5.12. The lowest BCUT2D eigenvalue weighted by molar-refractivity contribution is 0.230. The Labute approximate surface area is 110 Å². The molecule has 100 valence electrons. The van der Waals surface area contributed by atoms with E-state index in [0.29, 0.717) is 11.3 Å². The number of halogens is 1. The summed E-state index contributed by atoms with van der Waals surface area (Å²) in [6.45, 7) is 0. The van der Waals surface area contributed by atoms with Gasteiger partial charge in [0, 0.05) is 10.7 Å². The molecule has 1 aromatic carbocycles. The summed E-state index contributed by atoms with van der Waals surface area (Å²) in [6, 6.07) is 6.37. The van der Waals surface area contributed by atoms with Crippen molar-refractivity contribution in [1.29, 1.82) is 0 Å². The van der Waals surface area contributed by atoms with E-state index in [2.05, 4.69) is 0 Å². The molecule has 2 rings (SSSR count). The highest BCUT2D eigenvalue weighted by Crippen LogP contribution is 2.21. The van der Waals surface area contributed by atoms with E-state index < -0.39 is 18.9 Å². The van der Waals surface area contributed by atoms with Gasteiger partial charge in [-0.15, -0.1) is 0 Å². The van der Waals surface area contributed by atoms with Crippen LogP contribution in [0.3, 0.4) is 0 Å². The van der Waals surface area contributed by atoms with E-state index in [1.54, 1.807) is 24.3 Å². The summed E-state index contributed by atoms with van der Waals surface area (Å²) < 4.78 is 49.0. The molecule has 0 unspecified atom stereocenters. The second-order valence-electron chi connectivity index (χ2n) is 4.14. The van der Waals surface area contributed by atoms with E-state index in [0.717, 1.165) is 0 Å². The van der Waals surface area contributed by atoms with Crippen LogP contribution in [-0.2, 0) is 24.6 Å². The van der Waals surface area contributed by atoms with Gasteiger partial charge in [0.25, 0.3) is 0 Å². The molecule has 0 atom stereocenters. The second kappa shape index (κ2) is 4.71. The van der Waals surface area contributed by atoms with Gasteiger partial charge in [-0.2, -0.15) is 0 Å². The summed E-state index contributed by atoms with van der Waals surface area (Å²) in [7, 11) is -1.35. The maximum Gasteiger partial charge on any atom is 0.236 e. The van der Waals surface area contributed by atoms with Crippen LogP contribution in [0.25, 0.3) is 0 Å². The summed E-state index contributed by atoms with van der Waals surface area (Å²) >= 11 is 0. The van der Waals surface area contributed by atoms with E-state index in [-0.39, 0.29) is 23.4 Å². The average Bonchev–Trinajstić information content (AvgIpc) is 2.16. The molecule has 0 radical (unpaired) electrons. The molecule has 18 heavy (non-hydrogen) atoms. The van der Waals surface area contributed by atoms with E-state index >= 15 is 0 Å². The molecule has 0 saturated carbocycles. The van der Waals surface area contributed by atoms with E-state index in [1.807, 2.05) is 0 Å². The van der Waals surface area contributed by atoms with Crippen molar-refractivity contribution in [1.82, 2.24) is 0 Å². The molecule has 1 fully saturated rings. The van der Waals surface area contributed by atoms with Crippen molar-refractivity contribution in [3.8, 4) is 5.75 Å². The molecule has 1 aromatic rings. The first-order valence-corrected chi connectivity index (χ1v) is 9.42. The lowest BCUT2D eigenvalue weighted by Gasteiger charge is -2.26. The van der Waals surface area contributed by atoms with Crippen LogP contribution in [0.5, 0.6) is 5.75 Å². The maximum atomic E-state index is 10.9. The van der Waals surface area contributed by atoms with Crippen LogP contribution in [0.2, 0.25) is 0 Å². The van der Waals surface area contributed by atoms with Crippen molar-refractivity contribution in [3.05, 3.63) is 29.8 Å². The standard InChI is InChI=1S/C10H11ClO5S2/c11-18(14,15)5-8-1-3-9(4-2-8)16-10-6-17(12,13)7-10/h1-4,10H,5-7H2. The molecule has 0 spiro atoms. The highest BCUT2D eigenvalue weighted by molar-refractivity contribution is 8.13. The van der Waals surface area contributed by atoms with Crippen molar-refractivity contribution in [2.75, 3.05) is 11.5 Å². The molecule has 1 heterocycles. The molecule has 5 nitrogen and oxygen atoms in total. The minimum absolute atomic E-state index is 0.0326. The van der Waals surface area contributed by atoms with Gasteiger partial charge in [0.15, 0.2) is 9.84 Å². The van der Waals surface area contributed by atoms with Crippen LogP contribution >= 0.6 is 10.7 Å². The predicted molar refractivity (Wildman–Crippen MR) is 68.0 cm³/mol. The first-order chi connectivity index (χ1) is 8.23. The third-order valence-corrected chi connectivity index (χ3v) is 5.21. The zero-order valence-corrected chi connectivity index (χ0v) is 11.6. The first kappa shape index (κ1) is 13.6. The van der Waals surface area contributed by atoms with Crippen LogP contribution in [0.1, 0.15) is 5.56 Å². The van der Waals surface area contributed by atoms with Gasteiger partial charge in [-0.05, 0) is 17.7 Å². The SMILES string of the molecule is O=S(=O)(Cl)Cc1ccc(OC2CS(=O)(=O)C2)cc1. The summed E-state index contributed by atoms with van der Waals surface area (Å²) in [5.41, 5.74) is 0.554. The highest BCUT2D eigenvalue weighted by atomic mass is 35.7. The Kier molecular flexibility index (Phi) is 3.57. The van der Waals surface area contributed by atoms with Crippen LogP contribution in [0.15, 0.2) is 24.3 Å². The Morgan fingerprint density at radius 1 is 1.22 bits per heavy atom. The Hall–Kier alpha value is -0.790. The molecular weight excluding hydrogens is 300 g/mol. The van der Waals surface area contributed by atoms with Crippen LogP contribution in [-0.4, -0.2) is 34.4 Å². The fraction of sp³-hybridized carbons (Fsp3) is 0.400. The summed E-state index contributed by atoms with van der Waals surface area (Å²) in [5, 5.41) is 0. The van der Waals surface area contributed by atoms with Crippen molar-refractivity contribution in [2.24, 2.45) is 0 Å². The summed E-state index contributed by atoms with van der Waals surface area (Å²) in [4.78, 5) is 0. The van der Waals surface area contributed by atoms with Gasteiger partial charge in [-0.25, -0.2) is 16.8 Å². The van der Waals surface area contributed by atoms with E-state index in [9.17, 15) is 16.8 Å². The Morgan fingerprint density at radius 2 is 1.78 bits per heavy atom. The fourth-order valence-corrected chi connectivity index (χ4v) is 3.78. The van der Waals surface area contributed by atoms with Gasteiger partial charge in [0.2, 0.25) is 9.05 Å². The molecular formula is C10H11ClO5S2. The Balaban J connectivity index is 1.96. The lowest BCUT2D eigenvalue weighted by atomic mass is 10.2. The number of ether oxygens (including phenoxy) is 1. The highest BCUT2D eigenvalue weighted by Gasteiger charge is 2.35. The quantitative estimate of drug-likeness (QED) is 0.773. The maximum absolute atomic E-state index is 10.9. The number of hydrogen-bond donors (Lipinski definition) is 0. The normalized spacial score (nSPS) is 19.2. The Morgan fingerprint density at radius 3 is 2.22 bits per heavy atom. The van der Waals surface area contributed by atoms with E-state index in [1.165, 1.54) is 0 Å². The van der Waals surface area contributed by atoms with Crippen LogP contribution < -0.4 is 4.74 Å². The fourth-order valence-electron chi connectivity index (χ4n) is 1.64. The molecule has 1 saturated heterocycles. The van der Waals surface area contributed by atoms with Crippen molar-refractivity contribution in [2.45, 2.75) is 11.9 Å².